The molecule has 0 aliphatic carbocycles. The Kier molecular flexibility index (Phi) is 6.76. The second-order valence-electron chi connectivity index (χ2n) is 6.08. The van der Waals surface area contributed by atoms with Crippen molar-refractivity contribution in [3.05, 3.63) is 76.8 Å². The molecule has 0 spiro atoms. The van der Waals surface area contributed by atoms with Crippen LogP contribution in [0.15, 0.2) is 60.0 Å². The molecule has 7 heteroatoms. The average Bonchev–Trinajstić information content (AvgIpc) is 3.15. The van der Waals surface area contributed by atoms with Crippen LogP contribution in [0, 0.1) is 6.92 Å². The Morgan fingerprint density at radius 1 is 1.10 bits per heavy atom. The molecule has 0 saturated carbocycles. The fourth-order valence-electron chi connectivity index (χ4n) is 2.59. The van der Waals surface area contributed by atoms with Gasteiger partial charge in [-0.25, -0.2) is 9.78 Å². The van der Waals surface area contributed by atoms with E-state index in [1.54, 1.807) is 25.3 Å². The van der Waals surface area contributed by atoms with Crippen molar-refractivity contribution in [2.45, 2.75) is 6.92 Å². The number of thiazole rings is 1. The number of nitrogens with zero attached hydrogens (tertiary/aromatic N) is 1. The van der Waals surface area contributed by atoms with E-state index in [1.165, 1.54) is 11.3 Å². The molecule has 0 saturated heterocycles. The first-order valence-electron chi connectivity index (χ1n) is 8.86. The van der Waals surface area contributed by atoms with Gasteiger partial charge in [-0.2, -0.15) is 0 Å². The largest absolute Gasteiger partial charge is 0.496 e. The Morgan fingerprint density at radius 3 is 2.52 bits per heavy atom. The van der Waals surface area contributed by atoms with Crippen molar-refractivity contribution in [1.29, 1.82) is 0 Å². The van der Waals surface area contributed by atoms with Crippen molar-refractivity contribution < 1.29 is 19.1 Å². The summed E-state index contributed by atoms with van der Waals surface area (Å²) in [6.45, 7) is 1.43. The van der Waals surface area contributed by atoms with E-state index >= 15 is 0 Å². The third-order valence-electron chi connectivity index (χ3n) is 3.94. The minimum Gasteiger partial charge on any atom is -0.496 e. The van der Waals surface area contributed by atoms with E-state index < -0.39 is 18.5 Å². The molecule has 1 heterocycles. The number of aromatic nitrogens is 1. The van der Waals surface area contributed by atoms with Gasteiger partial charge in [-0.1, -0.05) is 48.5 Å². The summed E-state index contributed by atoms with van der Waals surface area (Å²) in [5.41, 5.74) is 2.55. The molecule has 0 aliphatic heterocycles. The van der Waals surface area contributed by atoms with Crippen LogP contribution in [-0.2, 0) is 14.3 Å². The van der Waals surface area contributed by atoms with E-state index in [4.69, 9.17) is 9.47 Å². The molecule has 29 heavy (non-hydrogen) atoms. The van der Waals surface area contributed by atoms with Gasteiger partial charge in [0.15, 0.2) is 11.7 Å². The molecule has 1 amide bonds. The number of hydrogen-bond acceptors (Lipinski definition) is 6. The highest BCUT2D eigenvalue weighted by Gasteiger charge is 2.17. The molecular formula is C22H20N2O4S. The minimum absolute atomic E-state index is 0.327. The lowest BCUT2D eigenvalue weighted by Crippen LogP contribution is -2.21. The lowest BCUT2D eigenvalue weighted by molar-refractivity contribution is -0.141. The van der Waals surface area contributed by atoms with Gasteiger partial charge in [-0.05, 0) is 24.6 Å². The molecule has 0 atom stereocenters. The number of amides is 1. The molecule has 1 aromatic heterocycles. The van der Waals surface area contributed by atoms with E-state index in [1.807, 2.05) is 54.8 Å². The first kappa shape index (κ1) is 20.3. The van der Waals surface area contributed by atoms with Crippen molar-refractivity contribution in [2.75, 3.05) is 19.0 Å². The first-order valence-corrected chi connectivity index (χ1v) is 9.74. The van der Waals surface area contributed by atoms with Crippen LogP contribution in [0.4, 0.5) is 5.13 Å². The summed E-state index contributed by atoms with van der Waals surface area (Å²) in [6.07, 6.45) is 1.69. The molecule has 1 N–H and O–H groups in total. The number of ether oxygens (including phenoxy) is 2. The second kappa shape index (κ2) is 9.66. The maximum absolute atomic E-state index is 12.8. The zero-order valence-electron chi connectivity index (χ0n) is 16.0. The molecular weight excluding hydrogens is 388 g/mol. The van der Waals surface area contributed by atoms with Crippen LogP contribution in [-0.4, -0.2) is 30.6 Å². The van der Waals surface area contributed by atoms with E-state index in [0.29, 0.717) is 22.0 Å². The maximum Gasteiger partial charge on any atom is 0.339 e. The highest BCUT2D eigenvalue weighted by molar-refractivity contribution is 7.13. The van der Waals surface area contributed by atoms with Crippen molar-refractivity contribution in [1.82, 2.24) is 4.98 Å². The third kappa shape index (κ3) is 5.52. The Balaban J connectivity index is 1.78. The SMILES string of the molecule is COc1ccccc1/C=C(/C(=O)OCC(=O)Nc1nc(C)cs1)c1ccccc1. The fraction of sp³-hybridized carbons (Fsp3) is 0.136. The summed E-state index contributed by atoms with van der Waals surface area (Å²) in [4.78, 5) is 29.0. The number of anilines is 1. The lowest BCUT2D eigenvalue weighted by Gasteiger charge is -2.10. The molecule has 6 nitrogen and oxygen atoms in total. The number of para-hydroxylation sites is 1. The number of nitrogens with one attached hydrogen (secondary N) is 1. The van der Waals surface area contributed by atoms with Crippen LogP contribution in [0.5, 0.6) is 5.75 Å². The van der Waals surface area contributed by atoms with Gasteiger partial charge < -0.3 is 9.47 Å². The number of carbonyl (C=O) groups is 2. The molecule has 3 rings (SSSR count). The smallest absolute Gasteiger partial charge is 0.339 e. The van der Waals surface area contributed by atoms with Gasteiger partial charge in [0.05, 0.1) is 18.4 Å². The van der Waals surface area contributed by atoms with E-state index in [2.05, 4.69) is 10.3 Å². The van der Waals surface area contributed by atoms with Gasteiger partial charge in [0.2, 0.25) is 0 Å². The van der Waals surface area contributed by atoms with Crippen LogP contribution in [0.25, 0.3) is 11.6 Å². The number of esters is 1. The Morgan fingerprint density at radius 2 is 1.83 bits per heavy atom. The Bertz CT molecular complexity index is 1030. The molecule has 0 fully saturated rings. The zero-order valence-corrected chi connectivity index (χ0v) is 16.9. The molecule has 0 bridgehead atoms. The maximum atomic E-state index is 12.8. The standard InChI is InChI=1S/C22H20N2O4S/c1-15-14-29-22(23-15)24-20(25)13-28-21(26)18(16-8-4-3-5-9-16)12-17-10-6-7-11-19(17)27-2/h3-12,14H,13H2,1-2H3,(H,23,24,25)/b18-12+. The van der Waals surface area contributed by atoms with E-state index in [9.17, 15) is 9.59 Å². The van der Waals surface area contributed by atoms with Crippen molar-refractivity contribution in [2.24, 2.45) is 0 Å². The molecule has 3 aromatic rings. The average molecular weight is 408 g/mol. The number of rotatable bonds is 7. The van der Waals surface area contributed by atoms with E-state index in [-0.39, 0.29) is 0 Å². The van der Waals surface area contributed by atoms with Crippen LogP contribution >= 0.6 is 11.3 Å². The van der Waals surface area contributed by atoms with Gasteiger partial charge in [0.25, 0.3) is 5.91 Å². The number of hydrogen-bond donors (Lipinski definition) is 1. The minimum atomic E-state index is -0.604. The topological polar surface area (TPSA) is 77.5 Å². The monoisotopic (exact) mass is 408 g/mol. The zero-order chi connectivity index (χ0) is 20.6. The molecule has 0 aliphatic rings. The van der Waals surface area contributed by atoms with Gasteiger partial charge in [0.1, 0.15) is 5.75 Å². The van der Waals surface area contributed by atoms with Crippen molar-refractivity contribution >= 4 is 40.0 Å². The number of aryl methyl sites for hydroxylation is 1. The lowest BCUT2D eigenvalue weighted by atomic mass is 10.0. The third-order valence-corrected chi connectivity index (χ3v) is 4.82. The number of carbonyl (C=O) groups excluding carboxylic acids is 2. The van der Waals surface area contributed by atoms with Crippen LogP contribution in [0.2, 0.25) is 0 Å². The highest BCUT2D eigenvalue weighted by Crippen LogP contribution is 2.25. The number of benzene rings is 2. The van der Waals surface area contributed by atoms with E-state index in [0.717, 1.165) is 11.3 Å². The number of methoxy groups -OCH3 is 1. The summed E-state index contributed by atoms with van der Waals surface area (Å²) in [6, 6.07) is 16.5. The first-order chi connectivity index (χ1) is 14.1. The quantitative estimate of drug-likeness (QED) is 0.360. The normalized spacial score (nSPS) is 11.0. The fourth-order valence-corrected chi connectivity index (χ4v) is 3.30. The molecule has 2 aromatic carbocycles. The van der Waals surface area contributed by atoms with Crippen molar-refractivity contribution in [3.63, 3.8) is 0 Å². The van der Waals surface area contributed by atoms with Gasteiger partial charge >= 0.3 is 5.97 Å². The summed E-state index contributed by atoms with van der Waals surface area (Å²) >= 11 is 1.31. The molecule has 0 unspecified atom stereocenters. The van der Waals surface area contributed by atoms with Crippen molar-refractivity contribution in [3.8, 4) is 5.75 Å². The predicted octanol–water partition coefficient (Wildman–Crippen LogP) is 4.18. The van der Waals surface area contributed by atoms with Crippen LogP contribution in [0.1, 0.15) is 16.8 Å². The van der Waals surface area contributed by atoms with Gasteiger partial charge in [-0.3, -0.25) is 10.1 Å². The second-order valence-corrected chi connectivity index (χ2v) is 6.94. The molecule has 148 valence electrons. The highest BCUT2D eigenvalue weighted by atomic mass is 32.1. The predicted molar refractivity (Wildman–Crippen MR) is 114 cm³/mol. The summed E-state index contributed by atoms with van der Waals surface area (Å²) in [5.74, 6) is -0.421. The summed E-state index contributed by atoms with van der Waals surface area (Å²) in [5, 5.41) is 4.91. The summed E-state index contributed by atoms with van der Waals surface area (Å²) < 4.78 is 10.6. The van der Waals surface area contributed by atoms with Gasteiger partial charge in [-0.15, -0.1) is 11.3 Å². The van der Waals surface area contributed by atoms with Crippen LogP contribution in [0.3, 0.4) is 0 Å². The Hall–Kier alpha value is -3.45. The molecule has 0 radical (unpaired) electrons. The van der Waals surface area contributed by atoms with Crippen LogP contribution < -0.4 is 10.1 Å². The summed E-state index contributed by atoms with van der Waals surface area (Å²) in [7, 11) is 1.57. The van der Waals surface area contributed by atoms with Gasteiger partial charge in [0, 0.05) is 10.9 Å². The Labute approximate surface area is 172 Å².